The van der Waals surface area contributed by atoms with E-state index in [9.17, 15) is 9.59 Å². The highest BCUT2D eigenvalue weighted by atomic mass is 16.5. The maximum absolute atomic E-state index is 12.2. The van der Waals surface area contributed by atoms with Crippen LogP contribution in [0.15, 0.2) is 30.3 Å². The molecule has 1 heterocycles. The number of hydrogen-bond acceptors (Lipinski definition) is 4. The molecule has 0 radical (unpaired) electrons. The lowest BCUT2D eigenvalue weighted by molar-refractivity contribution is -0.145. The van der Waals surface area contributed by atoms with E-state index in [0.717, 1.165) is 5.69 Å². The van der Waals surface area contributed by atoms with E-state index < -0.39 is 6.04 Å². The van der Waals surface area contributed by atoms with Gasteiger partial charge < -0.3 is 14.5 Å². The van der Waals surface area contributed by atoms with E-state index >= 15 is 0 Å². The molecule has 19 heavy (non-hydrogen) atoms. The Bertz CT molecular complexity index is 461. The molecule has 2 rings (SSSR count). The van der Waals surface area contributed by atoms with Crippen molar-refractivity contribution in [3.05, 3.63) is 30.3 Å². The summed E-state index contributed by atoms with van der Waals surface area (Å²) in [5.74, 6) is -0.407. The zero-order valence-corrected chi connectivity index (χ0v) is 11.2. The molecule has 0 aliphatic carbocycles. The molecule has 0 aromatic heterocycles. The monoisotopic (exact) mass is 262 g/mol. The summed E-state index contributed by atoms with van der Waals surface area (Å²) >= 11 is 0. The lowest BCUT2D eigenvalue weighted by Crippen LogP contribution is -2.56. The number of esters is 1. The fraction of sp³-hybridized carbons (Fsp3) is 0.429. The summed E-state index contributed by atoms with van der Waals surface area (Å²) in [6, 6.07) is 9.19. The molecule has 1 saturated heterocycles. The Labute approximate surface area is 112 Å². The summed E-state index contributed by atoms with van der Waals surface area (Å²) in [6.45, 7) is 1.37. The van der Waals surface area contributed by atoms with Crippen molar-refractivity contribution < 1.29 is 14.3 Å². The number of carbonyl (C=O) groups is 2. The van der Waals surface area contributed by atoms with Crippen LogP contribution in [0, 0.1) is 0 Å². The average Bonchev–Trinajstić information content (AvgIpc) is 2.45. The minimum atomic E-state index is -0.478. The molecule has 1 atom stereocenters. The number of para-hydroxylation sites is 1. The Morgan fingerprint density at radius 1 is 1.32 bits per heavy atom. The lowest BCUT2D eigenvalue weighted by atomic mass is 10.1. The summed E-state index contributed by atoms with van der Waals surface area (Å²) in [5.41, 5.74) is 0.956. The Balaban J connectivity index is 2.24. The highest BCUT2D eigenvalue weighted by molar-refractivity contribution is 5.90. The minimum Gasteiger partial charge on any atom is -0.469 e. The van der Waals surface area contributed by atoms with Gasteiger partial charge in [-0.3, -0.25) is 9.59 Å². The van der Waals surface area contributed by atoms with E-state index in [2.05, 4.69) is 4.74 Å². The molecule has 1 aromatic carbocycles. The Morgan fingerprint density at radius 3 is 2.63 bits per heavy atom. The van der Waals surface area contributed by atoms with E-state index in [1.54, 1.807) is 11.9 Å². The van der Waals surface area contributed by atoms with Gasteiger partial charge in [0.25, 0.3) is 0 Å². The molecule has 1 aliphatic heterocycles. The van der Waals surface area contributed by atoms with Crippen molar-refractivity contribution in [2.45, 2.75) is 12.5 Å². The summed E-state index contributed by atoms with van der Waals surface area (Å²) in [5, 5.41) is 0. The molecule has 1 unspecified atom stereocenters. The quantitative estimate of drug-likeness (QED) is 0.759. The van der Waals surface area contributed by atoms with Crippen molar-refractivity contribution in [1.82, 2.24) is 4.90 Å². The molecular weight excluding hydrogens is 244 g/mol. The average molecular weight is 262 g/mol. The molecule has 102 valence electrons. The molecule has 5 heteroatoms. The molecule has 1 aromatic rings. The van der Waals surface area contributed by atoms with Gasteiger partial charge in [0, 0.05) is 25.8 Å². The van der Waals surface area contributed by atoms with E-state index in [4.69, 9.17) is 0 Å². The normalized spacial score (nSPS) is 19.5. The van der Waals surface area contributed by atoms with Crippen LogP contribution in [0.2, 0.25) is 0 Å². The maximum Gasteiger partial charge on any atom is 0.308 e. The van der Waals surface area contributed by atoms with Crippen molar-refractivity contribution in [2.75, 3.05) is 32.1 Å². The third-order valence-electron chi connectivity index (χ3n) is 3.39. The minimum absolute atomic E-state index is 0.0412. The fourth-order valence-corrected chi connectivity index (χ4v) is 2.28. The van der Waals surface area contributed by atoms with Gasteiger partial charge in [-0.05, 0) is 12.1 Å². The van der Waals surface area contributed by atoms with Crippen LogP contribution in [0.25, 0.3) is 0 Å². The number of piperazine rings is 1. The molecule has 5 nitrogen and oxygen atoms in total. The van der Waals surface area contributed by atoms with E-state index in [1.807, 2.05) is 35.2 Å². The number of anilines is 1. The molecule has 1 fully saturated rings. The number of amides is 1. The fourth-order valence-electron chi connectivity index (χ4n) is 2.28. The number of likely N-dealkylation sites (N-methyl/N-ethyl adjacent to an activating group) is 1. The predicted octanol–water partition coefficient (Wildman–Crippen LogP) is 0.897. The van der Waals surface area contributed by atoms with Crippen molar-refractivity contribution in [3.63, 3.8) is 0 Å². The van der Waals surface area contributed by atoms with Crippen LogP contribution in [-0.2, 0) is 14.3 Å². The van der Waals surface area contributed by atoms with Gasteiger partial charge in [0.05, 0.1) is 13.5 Å². The highest BCUT2D eigenvalue weighted by Crippen LogP contribution is 2.22. The van der Waals surface area contributed by atoms with Gasteiger partial charge >= 0.3 is 5.97 Å². The smallest absolute Gasteiger partial charge is 0.308 e. The Kier molecular flexibility index (Phi) is 4.04. The second-order valence-corrected chi connectivity index (χ2v) is 4.58. The molecule has 0 spiro atoms. The van der Waals surface area contributed by atoms with Crippen molar-refractivity contribution in [1.29, 1.82) is 0 Å². The van der Waals surface area contributed by atoms with Gasteiger partial charge in [0.2, 0.25) is 5.91 Å². The first-order chi connectivity index (χ1) is 9.13. The third kappa shape index (κ3) is 2.86. The molecule has 0 saturated carbocycles. The van der Waals surface area contributed by atoms with Crippen LogP contribution >= 0.6 is 0 Å². The Morgan fingerprint density at radius 2 is 2.00 bits per heavy atom. The van der Waals surface area contributed by atoms with Gasteiger partial charge in [-0.2, -0.15) is 0 Å². The second kappa shape index (κ2) is 5.73. The first-order valence-electron chi connectivity index (χ1n) is 6.27. The molecular formula is C14H18N2O3. The van der Waals surface area contributed by atoms with Crippen molar-refractivity contribution in [3.8, 4) is 0 Å². The molecule has 1 amide bonds. The number of carbonyl (C=O) groups excluding carboxylic acids is 2. The van der Waals surface area contributed by atoms with E-state index in [1.165, 1.54) is 7.11 Å². The van der Waals surface area contributed by atoms with Crippen LogP contribution < -0.4 is 4.90 Å². The molecule has 1 aliphatic rings. The summed E-state index contributed by atoms with van der Waals surface area (Å²) in [7, 11) is 3.10. The molecule has 0 N–H and O–H groups in total. The van der Waals surface area contributed by atoms with Crippen LogP contribution in [0.1, 0.15) is 6.42 Å². The zero-order valence-electron chi connectivity index (χ0n) is 11.2. The number of methoxy groups -OCH3 is 1. The Hall–Kier alpha value is -2.04. The number of rotatable bonds is 3. The van der Waals surface area contributed by atoms with E-state index in [-0.39, 0.29) is 18.3 Å². The summed E-state index contributed by atoms with van der Waals surface area (Å²) in [4.78, 5) is 27.4. The topological polar surface area (TPSA) is 49.9 Å². The summed E-state index contributed by atoms with van der Waals surface area (Å²) < 4.78 is 4.68. The molecule has 0 bridgehead atoms. The standard InChI is InChI=1S/C14H18N2O3/c1-15-8-9-16(11-6-4-3-5-7-11)12(14(15)18)10-13(17)19-2/h3-7,12H,8-10H2,1-2H3. The van der Waals surface area contributed by atoms with Crippen molar-refractivity contribution in [2.24, 2.45) is 0 Å². The maximum atomic E-state index is 12.2. The van der Waals surface area contributed by atoms with Gasteiger partial charge in [-0.25, -0.2) is 0 Å². The zero-order chi connectivity index (χ0) is 13.8. The highest BCUT2D eigenvalue weighted by Gasteiger charge is 2.34. The first kappa shape index (κ1) is 13.4. The van der Waals surface area contributed by atoms with Crippen LogP contribution in [-0.4, -0.2) is 50.1 Å². The lowest BCUT2D eigenvalue weighted by Gasteiger charge is -2.40. The van der Waals surface area contributed by atoms with Crippen molar-refractivity contribution >= 4 is 17.6 Å². The van der Waals surface area contributed by atoms with Crippen LogP contribution in [0.5, 0.6) is 0 Å². The van der Waals surface area contributed by atoms with Gasteiger partial charge in [-0.1, -0.05) is 18.2 Å². The van der Waals surface area contributed by atoms with Crippen LogP contribution in [0.4, 0.5) is 5.69 Å². The largest absolute Gasteiger partial charge is 0.469 e. The van der Waals surface area contributed by atoms with E-state index in [0.29, 0.717) is 13.1 Å². The number of hydrogen-bond donors (Lipinski definition) is 0. The third-order valence-corrected chi connectivity index (χ3v) is 3.39. The first-order valence-corrected chi connectivity index (χ1v) is 6.27. The SMILES string of the molecule is COC(=O)CC1C(=O)N(C)CCN1c1ccccc1. The summed E-state index contributed by atoms with van der Waals surface area (Å²) in [6.07, 6.45) is 0.0779. The second-order valence-electron chi connectivity index (χ2n) is 4.58. The number of benzene rings is 1. The van der Waals surface area contributed by atoms with Crippen LogP contribution in [0.3, 0.4) is 0 Å². The van der Waals surface area contributed by atoms with Gasteiger partial charge in [0.1, 0.15) is 6.04 Å². The number of nitrogens with zero attached hydrogens (tertiary/aromatic N) is 2. The van der Waals surface area contributed by atoms with Gasteiger partial charge in [-0.15, -0.1) is 0 Å². The number of ether oxygens (including phenoxy) is 1. The predicted molar refractivity (Wildman–Crippen MR) is 71.8 cm³/mol. The van der Waals surface area contributed by atoms with Gasteiger partial charge in [0.15, 0.2) is 0 Å².